The van der Waals surface area contributed by atoms with Gasteiger partial charge in [0, 0.05) is 23.6 Å². The zero-order valence-corrected chi connectivity index (χ0v) is 8.54. The average molecular weight is 210 g/mol. The van der Waals surface area contributed by atoms with Crippen LogP contribution in [0.3, 0.4) is 0 Å². The summed E-state index contributed by atoms with van der Waals surface area (Å²) in [6, 6.07) is 11.6. The summed E-state index contributed by atoms with van der Waals surface area (Å²) in [7, 11) is 0. The molecule has 0 saturated carbocycles. The number of anilines is 1. The summed E-state index contributed by atoms with van der Waals surface area (Å²) in [6.07, 6.45) is 3.55. The summed E-state index contributed by atoms with van der Waals surface area (Å²) in [4.78, 5) is 4.15. The van der Waals surface area contributed by atoms with Crippen molar-refractivity contribution in [3.8, 4) is 11.3 Å². The first-order valence-corrected chi connectivity index (χ1v) is 4.99. The molecule has 78 valence electrons. The Morgan fingerprint density at radius 1 is 1.12 bits per heavy atom. The van der Waals surface area contributed by atoms with Gasteiger partial charge in [0.15, 0.2) is 5.65 Å². The van der Waals surface area contributed by atoms with E-state index in [0.29, 0.717) is 0 Å². The van der Waals surface area contributed by atoms with Crippen molar-refractivity contribution in [1.82, 2.24) is 14.6 Å². The van der Waals surface area contributed by atoms with Gasteiger partial charge < -0.3 is 5.73 Å². The lowest BCUT2D eigenvalue weighted by molar-refractivity contribution is 0.942. The van der Waals surface area contributed by atoms with Crippen molar-refractivity contribution in [2.75, 3.05) is 5.73 Å². The van der Waals surface area contributed by atoms with Crippen LogP contribution in [-0.4, -0.2) is 14.6 Å². The minimum Gasteiger partial charge on any atom is -0.399 e. The lowest BCUT2D eigenvalue weighted by Crippen LogP contribution is -1.93. The van der Waals surface area contributed by atoms with E-state index in [1.165, 1.54) is 0 Å². The third-order valence-corrected chi connectivity index (χ3v) is 2.44. The van der Waals surface area contributed by atoms with Crippen LogP contribution in [0.25, 0.3) is 16.9 Å². The van der Waals surface area contributed by atoms with E-state index in [4.69, 9.17) is 5.73 Å². The van der Waals surface area contributed by atoms with Gasteiger partial charge in [0.1, 0.15) is 0 Å². The third-order valence-electron chi connectivity index (χ3n) is 2.44. The van der Waals surface area contributed by atoms with Gasteiger partial charge in [-0.15, -0.1) is 0 Å². The van der Waals surface area contributed by atoms with Crippen LogP contribution in [0, 0.1) is 0 Å². The van der Waals surface area contributed by atoms with E-state index in [0.717, 1.165) is 22.6 Å². The normalized spacial score (nSPS) is 10.8. The Morgan fingerprint density at radius 2 is 2.06 bits per heavy atom. The van der Waals surface area contributed by atoms with E-state index in [-0.39, 0.29) is 0 Å². The Balaban J connectivity index is 2.18. The highest BCUT2D eigenvalue weighted by molar-refractivity contribution is 5.64. The lowest BCUT2D eigenvalue weighted by Gasteiger charge is -2.02. The monoisotopic (exact) mass is 210 g/mol. The highest BCUT2D eigenvalue weighted by Gasteiger charge is 2.01. The third kappa shape index (κ3) is 1.40. The largest absolute Gasteiger partial charge is 0.399 e. The van der Waals surface area contributed by atoms with Crippen molar-refractivity contribution >= 4 is 11.3 Å². The Morgan fingerprint density at radius 3 is 2.94 bits per heavy atom. The number of rotatable bonds is 1. The highest BCUT2D eigenvalue weighted by Crippen LogP contribution is 2.19. The standard InChI is InChI=1S/C12H10N4/c13-10-3-1-2-9(8-10)11-4-5-12-14-6-7-16(12)15-11/h1-8H,13H2. The van der Waals surface area contributed by atoms with Crippen LogP contribution in [0.15, 0.2) is 48.8 Å². The number of hydrogen-bond acceptors (Lipinski definition) is 3. The maximum Gasteiger partial charge on any atom is 0.153 e. The Labute approximate surface area is 92.4 Å². The van der Waals surface area contributed by atoms with Crippen molar-refractivity contribution < 1.29 is 0 Å². The quantitative estimate of drug-likeness (QED) is 0.625. The van der Waals surface area contributed by atoms with Crippen molar-refractivity contribution in [3.05, 3.63) is 48.8 Å². The summed E-state index contributed by atoms with van der Waals surface area (Å²) in [6.45, 7) is 0. The second kappa shape index (κ2) is 3.34. The molecule has 0 aliphatic carbocycles. The fourth-order valence-corrected chi connectivity index (χ4v) is 1.67. The molecule has 0 radical (unpaired) electrons. The van der Waals surface area contributed by atoms with Gasteiger partial charge in [0.05, 0.1) is 5.69 Å². The van der Waals surface area contributed by atoms with Crippen molar-refractivity contribution in [1.29, 1.82) is 0 Å². The van der Waals surface area contributed by atoms with Gasteiger partial charge in [-0.25, -0.2) is 9.50 Å². The first-order valence-electron chi connectivity index (χ1n) is 4.99. The number of nitrogens with two attached hydrogens (primary N) is 1. The van der Waals surface area contributed by atoms with E-state index in [1.54, 1.807) is 10.7 Å². The number of fused-ring (bicyclic) bond motifs is 1. The molecule has 0 unspecified atom stereocenters. The Bertz CT molecular complexity index is 642. The van der Waals surface area contributed by atoms with Crippen LogP contribution in [0.1, 0.15) is 0 Å². The molecule has 0 amide bonds. The highest BCUT2D eigenvalue weighted by atomic mass is 15.2. The SMILES string of the molecule is Nc1cccc(-c2ccc3nccn3n2)c1. The molecule has 0 fully saturated rings. The zero-order chi connectivity index (χ0) is 11.0. The van der Waals surface area contributed by atoms with Crippen LogP contribution in [0.5, 0.6) is 0 Å². The first-order chi connectivity index (χ1) is 7.83. The number of hydrogen-bond donors (Lipinski definition) is 1. The van der Waals surface area contributed by atoms with Crippen LogP contribution >= 0.6 is 0 Å². The second-order valence-corrected chi connectivity index (χ2v) is 3.57. The van der Waals surface area contributed by atoms with Gasteiger partial charge >= 0.3 is 0 Å². The first kappa shape index (κ1) is 8.91. The van der Waals surface area contributed by atoms with Crippen LogP contribution in [-0.2, 0) is 0 Å². The molecule has 0 aliphatic heterocycles. The predicted octanol–water partition coefficient (Wildman–Crippen LogP) is 1.98. The van der Waals surface area contributed by atoms with Gasteiger partial charge in [-0.1, -0.05) is 12.1 Å². The maximum absolute atomic E-state index is 5.74. The number of imidazole rings is 1. The molecule has 1 aromatic carbocycles. The molecule has 2 N–H and O–H groups in total. The van der Waals surface area contributed by atoms with E-state index in [2.05, 4.69) is 10.1 Å². The number of nitrogen functional groups attached to an aromatic ring is 1. The van der Waals surface area contributed by atoms with Gasteiger partial charge in [-0.3, -0.25) is 0 Å². The minimum absolute atomic E-state index is 0.741. The van der Waals surface area contributed by atoms with Gasteiger partial charge in [-0.05, 0) is 24.3 Å². The molecule has 4 heteroatoms. The fraction of sp³-hybridized carbons (Fsp3) is 0. The van der Waals surface area contributed by atoms with Crippen molar-refractivity contribution in [3.63, 3.8) is 0 Å². The molecule has 0 spiro atoms. The average Bonchev–Trinajstić information content (AvgIpc) is 2.75. The van der Waals surface area contributed by atoms with Crippen molar-refractivity contribution in [2.45, 2.75) is 0 Å². The smallest absolute Gasteiger partial charge is 0.153 e. The molecule has 3 aromatic rings. The molecule has 2 heterocycles. The molecule has 0 aliphatic rings. The van der Waals surface area contributed by atoms with E-state index >= 15 is 0 Å². The fourth-order valence-electron chi connectivity index (χ4n) is 1.67. The molecule has 4 nitrogen and oxygen atoms in total. The number of nitrogens with zero attached hydrogens (tertiary/aromatic N) is 3. The van der Waals surface area contributed by atoms with E-state index < -0.39 is 0 Å². The number of benzene rings is 1. The molecular weight excluding hydrogens is 200 g/mol. The summed E-state index contributed by atoms with van der Waals surface area (Å²) in [5.41, 5.74) is 9.22. The second-order valence-electron chi connectivity index (χ2n) is 3.57. The summed E-state index contributed by atoms with van der Waals surface area (Å²) < 4.78 is 1.75. The minimum atomic E-state index is 0.741. The topological polar surface area (TPSA) is 56.2 Å². The van der Waals surface area contributed by atoms with Crippen molar-refractivity contribution in [2.24, 2.45) is 0 Å². The summed E-state index contributed by atoms with van der Waals surface area (Å²) >= 11 is 0. The Hall–Kier alpha value is -2.36. The van der Waals surface area contributed by atoms with Gasteiger partial charge in [0.2, 0.25) is 0 Å². The predicted molar refractivity (Wildman–Crippen MR) is 62.8 cm³/mol. The summed E-state index contributed by atoms with van der Waals surface area (Å²) in [5.74, 6) is 0. The van der Waals surface area contributed by atoms with E-state index in [1.807, 2.05) is 42.6 Å². The molecule has 0 bridgehead atoms. The molecular formula is C12H10N4. The van der Waals surface area contributed by atoms with Gasteiger partial charge in [0.25, 0.3) is 0 Å². The molecule has 0 saturated heterocycles. The van der Waals surface area contributed by atoms with Crippen LogP contribution in [0.2, 0.25) is 0 Å². The zero-order valence-electron chi connectivity index (χ0n) is 8.54. The van der Waals surface area contributed by atoms with Gasteiger partial charge in [-0.2, -0.15) is 5.10 Å². The van der Waals surface area contributed by atoms with E-state index in [9.17, 15) is 0 Å². The lowest BCUT2D eigenvalue weighted by atomic mass is 10.1. The summed E-state index contributed by atoms with van der Waals surface area (Å²) in [5, 5.41) is 4.45. The number of aromatic nitrogens is 3. The maximum atomic E-state index is 5.74. The molecule has 2 aromatic heterocycles. The Kier molecular flexibility index (Phi) is 1.86. The molecule has 3 rings (SSSR count). The molecule has 0 atom stereocenters. The molecule has 16 heavy (non-hydrogen) atoms. The van der Waals surface area contributed by atoms with Crippen LogP contribution in [0.4, 0.5) is 5.69 Å². The van der Waals surface area contributed by atoms with Crippen LogP contribution < -0.4 is 5.73 Å².